The maximum Gasteiger partial charge on any atom is 0.416 e. The summed E-state index contributed by atoms with van der Waals surface area (Å²) in [7, 11) is 0. The Morgan fingerprint density at radius 3 is 2.32 bits per heavy atom. The van der Waals surface area contributed by atoms with E-state index in [9.17, 15) is 22.4 Å². The number of carbonyl (C=O) groups is 1. The Hall–Kier alpha value is -2.81. The summed E-state index contributed by atoms with van der Waals surface area (Å²) in [6.07, 6.45) is -4.50. The molecule has 2 aromatic rings. The highest BCUT2D eigenvalue weighted by Gasteiger charge is 2.32. The second-order valence-corrected chi connectivity index (χ2v) is 7.48. The summed E-state index contributed by atoms with van der Waals surface area (Å²) in [5.74, 6) is -0.764. The first-order chi connectivity index (χ1) is 14.6. The monoisotopic (exact) mass is 439 g/mol. The maximum atomic E-state index is 13.3. The van der Waals surface area contributed by atoms with Gasteiger partial charge < -0.3 is 20.3 Å². The number of carbonyl (C=O) groups excluding carboxylic acids is 1. The number of nitrogens with zero attached hydrogens (tertiary/aromatic N) is 1. The minimum atomic E-state index is -4.50. The van der Waals surface area contributed by atoms with Gasteiger partial charge >= 0.3 is 6.18 Å². The summed E-state index contributed by atoms with van der Waals surface area (Å²) >= 11 is 0. The van der Waals surface area contributed by atoms with E-state index in [1.807, 2.05) is 4.90 Å². The van der Waals surface area contributed by atoms with E-state index in [0.717, 1.165) is 17.7 Å². The zero-order chi connectivity index (χ0) is 22.6. The highest BCUT2D eigenvalue weighted by molar-refractivity contribution is 5.86. The van der Waals surface area contributed by atoms with E-state index in [0.29, 0.717) is 32.0 Å². The molecule has 0 bridgehead atoms. The Labute approximate surface area is 178 Å². The average molecular weight is 439 g/mol. The van der Waals surface area contributed by atoms with E-state index in [2.05, 4.69) is 10.6 Å². The fourth-order valence-electron chi connectivity index (χ4n) is 3.38. The zero-order valence-corrected chi connectivity index (χ0v) is 17.3. The van der Waals surface area contributed by atoms with Crippen LogP contribution < -0.4 is 15.5 Å². The van der Waals surface area contributed by atoms with E-state index in [1.165, 1.54) is 18.2 Å². The summed E-state index contributed by atoms with van der Waals surface area (Å²) in [6, 6.07) is 8.04. The molecule has 5 nitrogen and oxygen atoms in total. The third kappa shape index (κ3) is 5.88. The lowest BCUT2D eigenvalue weighted by molar-refractivity contribution is -0.137. The Balaban J connectivity index is 1.76. The van der Waals surface area contributed by atoms with Crippen LogP contribution in [0.5, 0.6) is 0 Å². The fourth-order valence-corrected chi connectivity index (χ4v) is 3.38. The number of halogens is 4. The molecule has 0 radical (unpaired) electrons. The molecule has 1 aliphatic rings. The lowest BCUT2D eigenvalue weighted by Crippen LogP contribution is -2.40. The normalized spacial score (nSPS) is 16.5. The largest absolute Gasteiger partial charge is 0.416 e. The topological polar surface area (TPSA) is 53.6 Å². The number of amides is 1. The molecule has 2 N–H and O–H groups in total. The van der Waals surface area contributed by atoms with Crippen LogP contribution in [-0.2, 0) is 15.7 Å². The first-order valence-electron chi connectivity index (χ1n) is 10.0. The third-order valence-electron chi connectivity index (χ3n) is 5.17. The van der Waals surface area contributed by atoms with Crippen molar-refractivity contribution in [3.05, 3.63) is 59.4 Å². The number of morpholine rings is 1. The van der Waals surface area contributed by atoms with Crippen LogP contribution in [0.4, 0.5) is 28.9 Å². The number of alkyl halides is 3. The van der Waals surface area contributed by atoms with Gasteiger partial charge in [-0.05, 0) is 49.7 Å². The predicted molar refractivity (Wildman–Crippen MR) is 111 cm³/mol. The number of hydrogen-bond donors (Lipinski definition) is 2. The second kappa shape index (κ2) is 9.55. The van der Waals surface area contributed by atoms with E-state index in [1.54, 1.807) is 26.0 Å². The van der Waals surface area contributed by atoms with Gasteiger partial charge in [-0.1, -0.05) is 12.1 Å². The maximum absolute atomic E-state index is 13.3. The molecule has 2 aromatic carbocycles. The number of benzene rings is 2. The van der Waals surface area contributed by atoms with E-state index < -0.39 is 23.8 Å². The molecule has 1 fully saturated rings. The van der Waals surface area contributed by atoms with Crippen LogP contribution in [0, 0.1) is 5.82 Å². The number of ether oxygens (including phenoxy) is 1. The van der Waals surface area contributed by atoms with Gasteiger partial charge in [0.25, 0.3) is 0 Å². The standard InChI is InChI=1S/C22H25F4N3O2/c1-14(16-3-6-18(23)7-4-16)28-21(30)15(2)27-19-13-17(22(24,25)26)5-8-20(19)29-9-11-31-12-10-29/h3-8,13-15,27H,9-12H2,1-2H3,(H,28,30)/t14-,15+/m0/s1. The summed E-state index contributed by atoms with van der Waals surface area (Å²) in [5.41, 5.74) is 0.741. The van der Waals surface area contributed by atoms with Crippen molar-refractivity contribution in [3.8, 4) is 0 Å². The van der Waals surface area contributed by atoms with Crippen molar-refractivity contribution in [1.29, 1.82) is 0 Å². The van der Waals surface area contributed by atoms with Crippen LogP contribution in [-0.4, -0.2) is 38.3 Å². The molecule has 0 spiro atoms. The number of anilines is 2. The van der Waals surface area contributed by atoms with Crippen molar-refractivity contribution in [1.82, 2.24) is 5.32 Å². The molecule has 1 aliphatic heterocycles. The van der Waals surface area contributed by atoms with Crippen LogP contribution >= 0.6 is 0 Å². The molecular weight excluding hydrogens is 414 g/mol. The minimum Gasteiger partial charge on any atom is -0.378 e. The molecule has 1 saturated heterocycles. The Morgan fingerprint density at radius 2 is 1.71 bits per heavy atom. The van der Waals surface area contributed by atoms with E-state index >= 15 is 0 Å². The third-order valence-corrected chi connectivity index (χ3v) is 5.17. The Morgan fingerprint density at radius 1 is 1.06 bits per heavy atom. The second-order valence-electron chi connectivity index (χ2n) is 7.48. The molecule has 31 heavy (non-hydrogen) atoms. The molecule has 1 heterocycles. The molecule has 2 atom stereocenters. The molecule has 3 rings (SSSR count). The molecule has 0 aromatic heterocycles. The summed E-state index contributed by atoms with van der Waals surface area (Å²) in [4.78, 5) is 14.6. The lowest BCUT2D eigenvalue weighted by Gasteiger charge is -2.32. The van der Waals surface area contributed by atoms with Crippen molar-refractivity contribution >= 4 is 17.3 Å². The number of rotatable bonds is 6. The van der Waals surface area contributed by atoms with Gasteiger partial charge in [0, 0.05) is 13.1 Å². The quantitative estimate of drug-likeness (QED) is 0.657. The smallest absolute Gasteiger partial charge is 0.378 e. The molecule has 9 heteroatoms. The zero-order valence-electron chi connectivity index (χ0n) is 17.3. The minimum absolute atomic E-state index is 0.230. The van der Waals surface area contributed by atoms with Crippen molar-refractivity contribution in [2.45, 2.75) is 32.1 Å². The first-order valence-corrected chi connectivity index (χ1v) is 10.0. The van der Waals surface area contributed by atoms with Crippen LogP contribution in [0.1, 0.15) is 31.0 Å². The van der Waals surface area contributed by atoms with Gasteiger partial charge in [-0.25, -0.2) is 4.39 Å². The van der Waals surface area contributed by atoms with Crippen LogP contribution in [0.15, 0.2) is 42.5 Å². The molecule has 0 aliphatic carbocycles. The SMILES string of the molecule is C[C@H](NC(=O)[C@@H](C)Nc1cc(C(F)(F)F)ccc1N1CCOCC1)c1ccc(F)cc1. The van der Waals surface area contributed by atoms with Crippen molar-refractivity contribution in [3.63, 3.8) is 0 Å². The number of hydrogen-bond acceptors (Lipinski definition) is 4. The first kappa shape index (κ1) is 22.9. The van der Waals surface area contributed by atoms with Crippen LogP contribution in [0.25, 0.3) is 0 Å². The van der Waals surface area contributed by atoms with Crippen LogP contribution in [0.2, 0.25) is 0 Å². The Kier molecular flexibility index (Phi) is 7.04. The van der Waals surface area contributed by atoms with Crippen molar-refractivity contribution < 1.29 is 27.1 Å². The molecular formula is C22H25F4N3O2. The van der Waals surface area contributed by atoms with Gasteiger partial charge in [0.2, 0.25) is 5.91 Å². The lowest BCUT2D eigenvalue weighted by atomic mass is 10.1. The fraction of sp³-hybridized carbons (Fsp3) is 0.409. The van der Waals surface area contributed by atoms with Crippen molar-refractivity contribution in [2.75, 3.05) is 36.5 Å². The summed E-state index contributed by atoms with van der Waals surface area (Å²) in [5, 5.41) is 5.73. The molecule has 0 saturated carbocycles. The average Bonchev–Trinajstić information content (AvgIpc) is 2.74. The highest BCUT2D eigenvalue weighted by Crippen LogP contribution is 2.36. The van der Waals surface area contributed by atoms with Gasteiger partial charge in [-0.2, -0.15) is 13.2 Å². The Bertz CT molecular complexity index is 897. The molecule has 1 amide bonds. The van der Waals surface area contributed by atoms with Gasteiger partial charge in [-0.3, -0.25) is 4.79 Å². The van der Waals surface area contributed by atoms with Crippen LogP contribution in [0.3, 0.4) is 0 Å². The number of nitrogens with one attached hydrogen (secondary N) is 2. The molecule has 0 unspecified atom stereocenters. The van der Waals surface area contributed by atoms with E-state index in [4.69, 9.17) is 4.74 Å². The summed E-state index contributed by atoms with van der Waals surface area (Å²) < 4.78 is 58.2. The van der Waals surface area contributed by atoms with Crippen molar-refractivity contribution in [2.24, 2.45) is 0 Å². The van der Waals surface area contributed by atoms with Gasteiger partial charge in [0.15, 0.2) is 0 Å². The highest BCUT2D eigenvalue weighted by atomic mass is 19.4. The van der Waals surface area contributed by atoms with Gasteiger partial charge in [0.1, 0.15) is 11.9 Å². The van der Waals surface area contributed by atoms with Gasteiger partial charge in [-0.15, -0.1) is 0 Å². The summed E-state index contributed by atoms with van der Waals surface area (Å²) in [6.45, 7) is 5.37. The van der Waals surface area contributed by atoms with Gasteiger partial charge in [0.05, 0.1) is 36.2 Å². The predicted octanol–water partition coefficient (Wildman–Crippen LogP) is 4.36. The van der Waals surface area contributed by atoms with E-state index in [-0.39, 0.29) is 17.4 Å². The molecule has 168 valence electrons.